The lowest BCUT2D eigenvalue weighted by Crippen LogP contribution is -2.33. The Morgan fingerprint density at radius 3 is 2.82 bits per heavy atom. The van der Waals surface area contributed by atoms with Gasteiger partial charge >= 0.3 is 0 Å². The average Bonchev–Trinajstić information content (AvgIpc) is 2.89. The highest BCUT2D eigenvalue weighted by Crippen LogP contribution is 2.29. The second-order valence-electron chi connectivity index (χ2n) is 6.07. The van der Waals surface area contributed by atoms with Crippen molar-refractivity contribution in [3.05, 3.63) is 29.3 Å². The van der Waals surface area contributed by atoms with Gasteiger partial charge in [-0.05, 0) is 36.0 Å². The molecular formula is C15H20N2O4S. The molecule has 0 aliphatic carbocycles. The number of carbonyl (C=O) groups is 1. The molecule has 0 spiro atoms. The molecule has 2 heterocycles. The maximum atomic E-state index is 12.7. The van der Waals surface area contributed by atoms with Gasteiger partial charge in [0.2, 0.25) is 10.0 Å². The van der Waals surface area contributed by atoms with Crippen LogP contribution in [0.3, 0.4) is 0 Å². The summed E-state index contributed by atoms with van der Waals surface area (Å²) in [5, 5.41) is 12.0. The highest BCUT2D eigenvalue weighted by atomic mass is 32.2. The van der Waals surface area contributed by atoms with Crippen molar-refractivity contribution in [3.63, 3.8) is 0 Å². The van der Waals surface area contributed by atoms with Gasteiger partial charge in [-0.1, -0.05) is 13.0 Å². The summed E-state index contributed by atoms with van der Waals surface area (Å²) in [6.07, 6.45) is 0.717. The van der Waals surface area contributed by atoms with Crippen molar-refractivity contribution in [2.75, 3.05) is 26.2 Å². The van der Waals surface area contributed by atoms with Gasteiger partial charge in [-0.2, -0.15) is 4.31 Å². The third kappa shape index (κ3) is 2.53. The molecule has 2 atom stereocenters. The minimum atomic E-state index is -3.63. The zero-order chi connectivity index (χ0) is 15.9. The maximum Gasteiger partial charge on any atom is 0.251 e. The lowest BCUT2D eigenvalue weighted by Gasteiger charge is -2.20. The second-order valence-corrected chi connectivity index (χ2v) is 8.00. The van der Waals surface area contributed by atoms with Gasteiger partial charge in [-0.25, -0.2) is 8.42 Å². The molecule has 0 unspecified atom stereocenters. The summed E-state index contributed by atoms with van der Waals surface area (Å²) in [5.74, 6) is -0.127. The number of benzene rings is 1. The molecule has 120 valence electrons. The van der Waals surface area contributed by atoms with Gasteiger partial charge in [0.05, 0.1) is 4.90 Å². The lowest BCUT2D eigenvalue weighted by molar-refractivity contribution is 0.0945. The highest BCUT2D eigenvalue weighted by Gasteiger charge is 2.37. The van der Waals surface area contributed by atoms with E-state index in [2.05, 4.69) is 5.32 Å². The summed E-state index contributed by atoms with van der Waals surface area (Å²) in [6.45, 7) is 3.23. The lowest BCUT2D eigenvalue weighted by atomic mass is 10.00. The van der Waals surface area contributed by atoms with E-state index >= 15 is 0 Å². The number of fused-ring (bicyclic) bond motifs is 1. The topological polar surface area (TPSA) is 86.7 Å². The summed E-state index contributed by atoms with van der Waals surface area (Å²) in [6, 6.07) is 4.77. The quantitative estimate of drug-likeness (QED) is 0.833. The third-order valence-electron chi connectivity index (χ3n) is 4.61. The molecule has 0 bridgehead atoms. The van der Waals surface area contributed by atoms with Crippen molar-refractivity contribution >= 4 is 15.9 Å². The molecule has 2 aliphatic rings. The van der Waals surface area contributed by atoms with Gasteiger partial charge in [-0.3, -0.25) is 4.79 Å². The molecule has 3 rings (SSSR count). The second kappa shape index (κ2) is 5.64. The molecule has 0 saturated carbocycles. The molecule has 2 aliphatic heterocycles. The molecule has 1 aromatic rings. The normalized spacial score (nSPS) is 25.8. The molecule has 22 heavy (non-hydrogen) atoms. The Bertz CT molecular complexity index is 701. The van der Waals surface area contributed by atoms with Crippen LogP contribution < -0.4 is 5.32 Å². The van der Waals surface area contributed by atoms with Crippen molar-refractivity contribution in [2.45, 2.75) is 18.2 Å². The van der Waals surface area contributed by atoms with Crippen molar-refractivity contribution in [3.8, 4) is 0 Å². The summed E-state index contributed by atoms with van der Waals surface area (Å²) in [5.41, 5.74) is 1.32. The minimum Gasteiger partial charge on any atom is -0.396 e. The van der Waals surface area contributed by atoms with E-state index in [9.17, 15) is 18.3 Å². The Morgan fingerprint density at radius 1 is 1.36 bits per heavy atom. The van der Waals surface area contributed by atoms with Crippen LogP contribution in [0.5, 0.6) is 0 Å². The SMILES string of the molecule is C[C@@H]1CN(S(=O)(=O)c2ccc3c(c2)C(=O)NCC3)C[C@H]1CO. The first-order valence-electron chi connectivity index (χ1n) is 7.45. The number of sulfonamides is 1. The average molecular weight is 324 g/mol. The molecule has 2 N–H and O–H groups in total. The van der Waals surface area contributed by atoms with Crippen LogP contribution in [0.15, 0.2) is 23.1 Å². The van der Waals surface area contributed by atoms with Gasteiger partial charge < -0.3 is 10.4 Å². The summed E-state index contributed by atoms with van der Waals surface area (Å²) in [4.78, 5) is 12.0. The first-order valence-corrected chi connectivity index (χ1v) is 8.89. The number of carbonyl (C=O) groups excluding carboxylic acids is 1. The van der Waals surface area contributed by atoms with E-state index in [-0.39, 0.29) is 29.2 Å². The van der Waals surface area contributed by atoms with Crippen molar-refractivity contribution in [2.24, 2.45) is 11.8 Å². The monoisotopic (exact) mass is 324 g/mol. The number of aliphatic hydroxyl groups excluding tert-OH is 1. The number of hydrogen-bond acceptors (Lipinski definition) is 4. The number of aliphatic hydroxyl groups is 1. The van der Waals surface area contributed by atoms with E-state index in [0.717, 1.165) is 5.56 Å². The van der Waals surface area contributed by atoms with Crippen LogP contribution in [0.1, 0.15) is 22.8 Å². The van der Waals surface area contributed by atoms with E-state index in [1.807, 2.05) is 6.92 Å². The van der Waals surface area contributed by atoms with Crippen LogP contribution in [0, 0.1) is 11.8 Å². The molecule has 1 amide bonds. The van der Waals surface area contributed by atoms with Crippen LogP contribution in [0.4, 0.5) is 0 Å². The summed E-state index contributed by atoms with van der Waals surface area (Å²) in [7, 11) is -3.63. The smallest absolute Gasteiger partial charge is 0.251 e. The number of amides is 1. The molecule has 1 saturated heterocycles. The van der Waals surface area contributed by atoms with Crippen molar-refractivity contribution in [1.82, 2.24) is 9.62 Å². The van der Waals surface area contributed by atoms with Crippen LogP contribution in [0.2, 0.25) is 0 Å². The molecule has 6 nitrogen and oxygen atoms in total. The number of rotatable bonds is 3. The summed E-state index contributed by atoms with van der Waals surface area (Å²) < 4.78 is 26.9. The number of nitrogens with zero attached hydrogens (tertiary/aromatic N) is 1. The molecular weight excluding hydrogens is 304 g/mol. The first-order chi connectivity index (χ1) is 10.4. The number of hydrogen-bond donors (Lipinski definition) is 2. The summed E-state index contributed by atoms with van der Waals surface area (Å²) >= 11 is 0. The molecule has 1 aromatic carbocycles. The minimum absolute atomic E-state index is 0.0141. The standard InChI is InChI=1S/C15H20N2O4S/c1-10-7-17(8-12(10)9-18)22(20,21)13-3-2-11-4-5-16-15(19)14(11)6-13/h2-3,6,10,12,18H,4-5,7-9H2,1H3,(H,16,19)/t10-,12+/m1/s1. The molecule has 7 heteroatoms. The predicted octanol–water partition coefficient (Wildman–Crippen LogP) is 0.221. The van der Waals surface area contributed by atoms with Gasteiger partial charge in [0.25, 0.3) is 5.91 Å². The fourth-order valence-corrected chi connectivity index (χ4v) is 4.74. The Labute approximate surface area is 130 Å². The highest BCUT2D eigenvalue weighted by molar-refractivity contribution is 7.89. The first kappa shape index (κ1) is 15.5. The Kier molecular flexibility index (Phi) is 3.96. The van der Waals surface area contributed by atoms with E-state index in [1.54, 1.807) is 12.1 Å². The third-order valence-corrected chi connectivity index (χ3v) is 6.44. The molecule has 1 fully saturated rings. The largest absolute Gasteiger partial charge is 0.396 e. The van der Waals surface area contributed by atoms with Gasteiger partial charge in [0, 0.05) is 31.8 Å². The van der Waals surface area contributed by atoms with Crippen LogP contribution in [-0.2, 0) is 16.4 Å². The Morgan fingerprint density at radius 2 is 2.14 bits per heavy atom. The van der Waals surface area contributed by atoms with Gasteiger partial charge in [0.15, 0.2) is 0 Å². The fraction of sp³-hybridized carbons (Fsp3) is 0.533. The van der Waals surface area contributed by atoms with E-state index < -0.39 is 10.0 Å². The Balaban J connectivity index is 1.93. The van der Waals surface area contributed by atoms with Crippen molar-refractivity contribution in [1.29, 1.82) is 0 Å². The van der Waals surface area contributed by atoms with E-state index in [0.29, 0.717) is 31.6 Å². The van der Waals surface area contributed by atoms with Crippen LogP contribution in [0.25, 0.3) is 0 Å². The van der Waals surface area contributed by atoms with Gasteiger partial charge in [-0.15, -0.1) is 0 Å². The zero-order valence-electron chi connectivity index (χ0n) is 12.4. The van der Waals surface area contributed by atoms with Crippen molar-refractivity contribution < 1.29 is 18.3 Å². The Hall–Kier alpha value is -1.44. The maximum absolute atomic E-state index is 12.7. The number of nitrogens with one attached hydrogen (secondary N) is 1. The van der Waals surface area contributed by atoms with E-state index in [4.69, 9.17) is 0 Å². The fourth-order valence-electron chi connectivity index (χ4n) is 3.12. The zero-order valence-corrected chi connectivity index (χ0v) is 13.3. The van der Waals surface area contributed by atoms with Gasteiger partial charge in [0.1, 0.15) is 0 Å². The van der Waals surface area contributed by atoms with Crippen LogP contribution >= 0.6 is 0 Å². The molecule has 0 radical (unpaired) electrons. The van der Waals surface area contributed by atoms with E-state index in [1.165, 1.54) is 10.4 Å². The predicted molar refractivity (Wildman–Crippen MR) is 81.0 cm³/mol. The van der Waals surface area contributed by atoms with Crippen LogP contribution in [-0.4, -0.2) is 50.0 Å². The molecule has 0 aromatic heterocycles.